The summed E-state index contributed by atoms with van der Waals surface area (Å²) < 4.78 is 10.0. The van der Waals surface area contributed by atoms with Crippen molar-refractivity contribution in [1.29, 1.82) is 0 Å². The molecule has 2 N–H and O–H groups in total. The highest BCUT2D eigenvalue weighted by Crippen LogP contribution is 2.26. The molecule has 2 atom stereocenters. The quantitative estimate of drug-likeness (QED) is 0.745. The molecule has 0 heterocycles. The van der Waals surface area contributed by atoms with Crippen molar-refractivity contribution in [2.75, 3.05) is 12.4 Å². The SMILES string of the molecule is CC.COC(=O)c1ccc(NC2CC[C@@H](NC(=O)OC(C)(C)C)C2)c(C)c1. The van der Waals surface area contributed by atoms with Gasteiger partial charge < -0.3 is 20.1 Å². The Morgan fingerprint density at radius 2 is 1.74 bits per heavy atom. The molecule has 1 aromatic carbocycles. The first-order valence-electron chi connectivity index (χ1n) is 9.63. The smallest absolute Gasteiger partial charge is 0.407 e. The number of benzene rings is 1. The normalized spacial score (nSPS) is 18.8. The molecule has 152 valence electrons. The zero-order valence-electron chi connectivity index (χ0n) is 17.6. The van der Waals surface area contributed by atoms with E-state index in [0.717, 1.165) is 30.5 Å². The highest BCUT2D eigenvalue weighted by Gasteiger charge is 2.27. The van der Waals surface area contributed by atoms with Crippen LogP contribution in [0.2, 0.25) is 0 Å². The van der Waals surface area contributed by atoms with Gasteiger partial charge in [0.1, 0.15) is 5.60 Å². The first-order chi connectivity index (χ1) is 12.7. The number of carbonyl (C=O) groups excluding carboxylic acids is 2. The van der Waals surface area contributed by atoms with Gasteiger partial charge in [0, 0.05) is 17.8 Å². The molecule has 0 aromatic heterocycles. The first kappa shape index (κ1) is 22.8. The molecule has 1 unspecified atom stereocenters. The maximum absolute atomic E-state index is 11.9. The fraction of sp³-hybridized carbons (Fsp3) is 0.619. The maximum Gasteiger partial charge on any atom is 0.407 e. The maximum atomic E-state index is 11.9. The van der Waals surface area contributed by atoms with Gasteiger partial charge in [-0.25, -0.2) is 9.59 Å². The number of rotatable bonds is 4. The Morgan fingerprint density at radius 3 is 2.30 bits per heavy atom. The van der Waals surface area contributed by atoms with Crippen LogP contribution in [0.4, 0.5) is 10.5 Å². The summed E-state index contributed by atoms with van der Waals surface area (Å²) in [6, 6.07) is 5.87. The molecule has 27 heavy (non-hydrogen) atoms. The molecule has 1 saturated carbocycles. The number of carbonyl (C=O) groups is 2. The molecular weight excluding hydrogens is 344 g/mol. The number of aryl methyl sites for hydroxylation is 1. The largest absolute Gasteiger partial charge is 0.465 e. The number of hydrogen-bond donors (Lipinski definition) is 2. The van der Waals surface area contributed by atoms with Crippen LogP contribution in [0.1, 0.15) is 69.8 Å². The number of anilines is 1. The van der Waals surface area contributed by atoms with Crippen LogP contribution in [0.5, 0.6) is 0 Å². The van der Waals surface area contributed by atoms with Gasteiger partial charge in [-0.2, -0.15) is 0 Å². The van der Waals surface area contributed by atoms with Gasteiger partial charge in [0.05, 0.1) is 12.7 Å². The number of nitrogens with one attached hydrogen (secondary N) is 2. The predicted molar refractivity (Wildman–Crippen MR) is 108 cm³/mol. The molecule has 2 rings (SSSR count). The van der Waals surface area contributed by atoms with Crippen LogP contribution in [0, 0.1) is 6.92 Å². The second-order valence-corrected chi connectivity index (χ2v) is 7.52. The Hall–Kier alpha value is -2.24. The van der Waals surface area contributed by atoms with E-state index >= 15 is 0 Å². The van der Waals surface area contributed by atoms with E-state index in [1.54, 1.807) is 6.07 Å². The van der Waals surface area contributed by atoms with Crippen molar-refractivity contribution in [2.24, 2.45) is 0 Å². The van der Waals surface area contributed by atoms with Gasteiger partial charge in [0.15, 0.2) is 0 Å². The fourth-order valence-electron chi connectivity index (χ4n) is 3.01. The summed E-state index contributed by atoms with van der Waals surface area (Å²) in [6.45, 7) is 11.5. The van der Waals surface area contributed by atoms with E-state index in [4.69, 9.17) is 9.47 Å². The van der Waals surface area contributed by atoms with E-state index < -0.39 is 5.60 Å². The third-order valence-electron chi connectivity index (χ3n) is 4.16. The van der Waals surface area contributed by atoms with Gasteiger partial charge in [-0.1, -0.05) is 13.8 Å². The minimum atomic E-state index is -0.487. The lowest BCUT2D eigenvalue weighted by Crippen LogP contribution is -2.38. The minimum Gasteiger partial charge on any atom is -0.465 e. The number of amides is 1. The van der Waals surface area contributed by atoms with Gasteiger partial charge in [-0.15, -0.1) is 0 Å². The zero-order valence-corrected chi connectivity index (χ0v) is 17.6. The van der Waals surface area contributed by atoms with E-state index in [1.165, 1.54) is 7.11 Å². The average Bonchev–Trinajstić information content (AvgIpc) is 3.02. The van der Waals surface area contributed by atoms with Crippen molar-refractivity contribution in [3.05, 3.63) is 29.3 Å². The van der Waals surface area contributed by atoms with Crippen molar-refractivity contribution < 1.29 is 19.1 Å². The Kier molecular flexibility index (Phi) is 8.60. The molecule has 1 amide bonds. The highest BCUT2D eigenvalue weighted by atomic mass is 16.6. The molecule has 0 bridgehead atoms. The van der Waals surface area contributed by atoms with Crippen molar-refractivity contribution >= 4 is 17.7 Å². The molecule has 1 aliphatic rings. The summed E-state index contributed by atoms with van der Waals surface area (Å²) in [5.74, 6) is -0.336. The Morgan fingerprint density at radius 1 is 1.11 bits per heavy atom. The number of hydrogen-bond acceptors (Lipinski definition) is 5. The van der Waals surface area contributed by atoms with E-state index in [0.29, 0.717) is 5.56 Å². The molecule has 1 fully saturated rings. The first-order valence-corrected chi connectivity index (χ1v) is 9.63. The van der Waals surface area contributed by atoms with Gasteiger partial charge in [0.25, 0.3) is 0 Å². The van der Waals surface area contributed by atoms with E-state index in [9.17, 15) is 9.59 Å². The number of esters is 1. The molecular formula is C21H34N2O4. The van der Waals surface area contributed by atoms with Crippen molar-refractivity contribution in [2.45, 2.75) is 78.5 Å². The standard InChI is InChI=1S/C19H28N2O4.C2H6/c1-12-10-13(17(22)24-5)6-9-16(12)20-14-7-8-15(11-14)21-18(23)25-19(2,3)4;1-2/h6,9-10,14-15,20H,7-8,11H2,1-5H3,(H,21,23);1-2H3/t14?,15-;/m1./s1. The molecule has 0 saturated heterocycles. The Balaban J connectivity index is 0.00000176. The summed E-state index contributed by atoms with van der Waals surface area (Å²) in [5.41, 5.74) is 2.04. The van der Waals surface area contributed by atoms with Crippen molar-refractivity contribution in [1.82, 2.24) is 5.32 Å². The Bertz CT molecular complexity index is 638. The molecule has 0 spiro atoms. The van der Waals surface area contributed by atoms with Crippen LogP contribution in [0.3, 0.4) is 0 Å². The minimum absolute atomic E-state index is 0.113. The van der Waals surface area contributed by atoms with Crippen molar-refractivity contribution in [3.8, 4) is 0 Å². The predicted octanol–water partition coefficient (Wildman–Crippen LogP) is 4.67. The second kappa shape index (κ2) is 10.2. The molecule has 0 radical (unpaired) electrons. The van der Waals surface area contributed by atoms with Gasteiger partial charge >= 0.3 is 12.1 Å². The molecule has 6 nitrogen and oxygen atoms in total. The van der Waals surface area contributed by atoms with Gasteiger partial charge in [-0.3, -0.25) is 0 Å². The van der Waals surface area contributed by atoms with Gasteiger partial charge in [-0.05, 0) is 70.7 Å². The van der Waals surface area contributed by atoms with Crippen molar-refractivity contribution in [3.63, 3.8) is 0 Å². The summed E-state index contributed by atoms with van der Waals surface area (Å²) in [7, 11) is 1.38. The van der Waals surface area contributed by atoms with Crippen LogP contribution < -0.4 is 10.6 Å². The molecule has 6 heteroatoms. The lowest BCUT2D eigenvalue weighted by molar-refractivity contribution is 0.0504. The van der Waals surface area contributed by atoms with Crippen LogP contribution in [-0.2, 0) is 9.47 Å². The van der Waals surface area contributed by atoms with E-state index in [2.05, 4.69) is 10.6 Å². The van der Waals surface area contributed by atoms with Crippen LogP contribution in [0.25, 0.3) is 0 Å². The molecule has 0 aliphatic heterocycles. The fourth-order valence-corrected chi connectivity index (χ4v) is 3.01. The number of alkyl carbamates (subject to hydrolysis) is 1. The highest BCUT2D eigenvalue weighted by molar-refractivity contribution is 5.90. The summed E-state index contributed by atoms with van der Waals surface area (Å²) >= 11 is 0. The molecule has 1 aromatic rings. The van der Waals surface area contributed by atoms with Crippen LogP contribution in [0.15, 0.2) is 18.2 Å². The topological polar surface area (TPSA) is 76.7 Å². The zero-order chi connectivity index (χ0) is 20.6. The number of ether oxygens (including phenoxy) is 2. The molecule has 1 aliphatic carbocycles. The van der Waals surface area contributed by atoms with Crippen LogP contribution >= 0.6 is 0 Å². The second-order valence-electron chi connectivity index (χ2n) is 7.52. The monoisotopic (exact) mass is 378 g/mol. The lowest BCUT2D eigenvalue weighted by atomic mass is 10.1. The number of methoxy groups -OCH3 is 1. The van der Waals surface area contributed by atoms with Crippen LogP contribution in [-0.4, -0.2) is 36.9 Å². The lowest BCUT2D eigenvalue weighted by Gasteiger charge is -2.22. The average molecular weight is 379 g/mol. The Labute approximate surface area is 163 Å². The van der Waals surface area contributed by atoms with E-state index in [-0.39, 0.29) is 24.1 Å². The summed E-state index contributed by atoms with van der Waals surface area (Å²) in [5, 5.41) is 6.44. The summed E-state index contributed by atoms with van der Waals surface area (Å²) in [4.78, 5) is 23.4. The van der Waals surface area contributed by atoms with Gasteiger partial charge in [0.2, 0.25) is 0 Å². The van der Waals surface area contributed by atoms with E-state index in [1.807, 2.05) is 53.7 Å². The summed E-state index contributed by atoms with van der Waals surface area (Å²) in [6.07, 6.45) is 2.36. The third kappa shape index (κ3) is 7.49. The third-order valence-corrected chi connectivity index (χ3v) is 4.16.